The van der Waals surface area contributed by atoms with Crippen LogP contribution in [0.25, 0.3) is 11.3 Å². The number of benzene rings is 2. The normalized spacial score (nSPS) is 10.4. The van der Waals surface area contributed by atoms with E-state index in [1.54, 1.807) is 6.07 Å². The number of esters is 1. The summed E-state index contributed by atoms with van der Waals surface area (Å²) >= 11 is 6.03. The van der Waals surface area contributed by atoms with Gasteiger partial charge in [0.05, 0.1) is 15.5 Å². The van der Waals surface area contributed by atoms with Crippen LogP contribution >= 0.6 is 11.6 Å². The maximum absolute atomic E-state index is 13.4. The maximum Gasteiger partial charge on any atom is 0.340 e. The number of hydrogen-bond acceptors (Lipinski definition) is 7. The lowest BCUT2D eigenvalue weighted by Gasteiger charge is -2.09. The maximum atomic E-state index is 13.4. The summed E-state index contributed by atoms with van der Waals surface area (Å²) in [6.45, 7) is -0.722. The van der Waals surface area contributed by atoms with Crippen LogP contribution in [-0.2, 0) is 9.53 Å². The number of aldehydes is 1. The zero-order valence-corrected chi connectivity index (χ0v) is 16.2. The van der Waals surface area contributed by atoms with Crippen molar-refractivity contribution in [3.05, 3.63) is 80.8 Å². The monoisotopic (exact) mass is 446 g/mol. The molecule has 1 heterocycles. The Morgan fingerprint density at radius 1 is 1.19 bits per heavy atom. The van der Waals surface area contributed by atoms with E-state index >= 15 is 0 Å². The molecule has 31 heavy (non-hydrogen) atoms. The van der Waals surface area contributed by atoms with Crippen molar-refractivity contribution >= 4 is 41.1 Å². The Morgan fingerprint density at radius 3 is 2.65 bits per heavy atom. The Kier molecular flexibility index (Phi) is 6.41. The zero-order valence-electron chi connectivity index (χ0n) is 15.5. The summed E-state index contributed by atoms with van der Waals surface area (Å²) in [5.41, 5.74) is -0.451. The molecule has 0 saturated carbocycles. The van der Waals surface area contributed by atoms with E-state index in [1.807, 2.05) is 0 Å². The fourth-order valence-electron chi connectivity index (χ4n) is 2.54. The van der Waals surface area contributed by atoms with Crippen LogP contribution in [0.1, 0.15) is 20.9 Å². The van der Waals surface area contributed by atoms with Gasteiger partial charge in [-0.25, -0.2) is 4.79 Å². The molecule has 3 aromatic rings. The Morgan fingerprint density at radius 2 is 1.97 bits per heavy atom. The van der Waals surface area contributed by atoms with E-state index in [4.69, 9.17) is 20.8 Å². The Balaban J connectivity index is 1.67. The Hall–Kier alpha value is -4.05. The summed E-state index contributed by atoms with van der Waals surface area (Å²) in [6.07, 6.45) is 0.531. The van der Waals surface area contributed by atoms with Crippen LogP contribution in [0.2, 0.25) is 5.02 Å². The molecular weight excluding hydrogens is 435 g/mol. The van der Waals surface area contributed by atoms with Crippen molar-refractivity contribution in [2.75, 3.05) is 11.9 Å². The van der Waals surface area contributed by atoms with E-state index in [0.29, 0.717) is 17.6 Å². The quantitative estimate of drug-likeness (QED) is 0.248. The Bertz CT molecular complexity index is 1190. The number of nitro benzene ring substituents is 1. The van der Waals surface area contributed by atoms with Crippen molar-refractivity contribution in [3.63, 3.8) is 0 Å². The molecule has 0 bridgehead atoms. The van der Waals surface area contributed by atoms with Gasteiger partial charge in [0.1, 0.15) is 5.76 Å². The van der Waals surface area contributed by atoms with Gasteiger partial charge in [-0.3, -0.25) is 19.7 Å². The van der Waals surface area contributed by atoms with Gasteiger partial charge in [0, 0.05) is 17.3 Å². The molecule has 11 heteroatoms. The minimum absolute atomic E-state index is 0.0435. The molecule has 0 fully saturated rings. The van der Waals surface area contributed by atoms with Gasteiger partial charge < -0.3 is 14.5 Å². The van der Waals surface area contributed by atoms with Gasteiger partial charge in [0.2, 0.25) is 5.82 Å². The molecular formula is C20H12ClFN2O7. The largest absolute Gasteiger partial charge is 0.453 e. The first kappa shape index (κ1) is 21.7. The van der Waals surface area contributed by atoms with Gasteiger partial charge in [0.25, 0.3) is 5.91 Å². The molecule has 1 aromatic heterocycles. The van der Waals surface area contributed by atoms with Crippen LogP contribution in [0, 0.1) is 15.9 Å². The van der Waals surface area contributed by atoms with Crippen LogP contribution in [0.4, 0.5) is 15.8 Å². The SMILES string of the molecule is O=Cc1ccc(-c2ccc(Cl)c(C(=O)OCC(=O)Nc3ccc(F)c([N+](=O)[O-])c3)c2)o1. The highest BCUT2D eigenvalue weighted by molar-refractivity contribution is 6.33. The highest BCUT2D eigenvalue weighted by atomic mass is 35.5. The predicted octanol–water partition coefficient (Wildman–Crippen LogP) is 4.26. The number of carbonyl (C=O) groups is 3. The molecule has 1 N–H and O–H groups in total. The number of nitrogens with one attached hydrogen (secondary N) is 1. The zero-order chi connectivity index (χ0) is 22.5. The predicted molar refractivity (Wildman–Crippen MR) is 107 cm³/mol. The van der Waals surface area contributed by atoms with Crippen LogP contribution in [0.15, 0.2) is 52.9 Å². The molecule has 0 aliphatic rings. The number of anilines is 1. The van der Waals surface area contributed by atoms with Crippen molar-refractivity contribution in [2.24, 2.45) is 0 Å². The third-order valence-corrected chi connectivity index (χ3v) is 4.30. The minimum atomic E-state index is -1.05. The molecule has 2 aromatic carbocycles. The van der Waals surface area contributed by atoms with E-state index < -0.39 is 34.9 Å². The average molecular weight is 447 g/mol. The number of nitrogens with zero attached hydrogens (tertiary/aromatic N) is 1. The van der Waals surface area contributed by atoms with Crippen LogP contribution in [0.3, 0.4) is 0 Å². The minimum Gasteiger partial charge on any atom is -0.453 e. The number of nitro groups is 1. The number of amides is 1. The molecule has 0 aliphatic carbocycles. The van der Waals surface area contributed by atoms with Crippen LogP contribution in [-0.4, -0.2) is 29.7 Å². The second-order valence-corrected chi connectivity index (χ2v) is 6.47. The second-order valence-electron chi connectivity index (χ2n) is 6.06. The van der Waals surface area contributed by atoms with Gasteiger partial charge in [-0.05, 0) is 42.5 Å². The lowest BCUT2D eigenvalue weighted by Crippen LogP contribution is -2.21. The van der Waals surface area contributed by atoms with Crippen molar-refractivity contribution in [3.8, 4) is 11.3 Å². The van der Waals surface area contributed by atoms with Gasteiger partial charge in [-0.1, -0.05) is 11.6 Å². The highest BCUT2D eigenvalue weighted by Crippen LogP contribution is 2.27. The number of hydrogen-bond donors (Lipinski definition) is 1. The number of rotatable bonds is 7. The molecule has 0 aliphatic heterocycles. The van der Waals surface area contributed by atoms with Crippen molar-refractivity contribution in [2.45, 2.75) is 0 Å². The molecule has 0 spiro atoms. The van der Waals surface area contributed by atoms with Crippen molar-refractivity contribution < 1.29 is 32.9 Å². The van der Waals surface area contributed by atoms with Crippen molar-refractivity contribution in [1.82, 2.24) is 0 Å². The third kappa shape index (κ3) is 5.11. The smallest absolute Gasteiger partial charge is 0.340 e. The molecule has 9 nitrogen and oxygen atoms in total. The fourth-order valence-corrected chi connectivity index (χ4v) is 2.74. The molecule has 1 amide bonds. The van der Waals surface area contributed by atoms with E-state index in [9.17, 15) is 28.9 Å². The average Bonchev–Trinajstić information content (AvgIpc) is 3.23. The molecule has 0 atom stereocenters. The fraction of sp³-hybridized carbons (Fsp3) is 0.0500. The van der Waals surface area contributed by atoms with Crippen LogP contribution in [0.5, 0.6) is 0 Å². The molecule has 0 saturated heterocycles. The van der Waals surface area contributed by atoms with E-state index in [-0.39, 0.29) is 22.0 Å². The first-order valence-electron chi connectivity index (χ1n) is 8.54. The molecule has 3 rings (SSSR count). The summed E-state index contributed by atoms with van der Waals surface area (Å²) in [7, 11) is 0. The number of carbonyl (C=O) groups excluding carboxylic acids is 3. The lowest BCUT2D eigenvalue weighted by molar-refractivity contribution is -0.387. The van der Waals surface area contributed by atoms with Crippen molar-refractivity contribution in [1.29, 1.82) is 0 Å². The number of halogens is 2. The van der Waals surface area contributed by atoms with Gasteiger partial charge in [0.15, 0.2) is 18.7 Å². The number of ether oxygens (including phenoxy) is 1. The van der Waals surface area contributed by atoms with Gasteiger partial charge >= 0.3 is 11.7 Å². The summed E-state index contributed by atoms with van der Waals surface area (Å²) in [5, 5.41) is 13.1. The molecule has 0 radical (unpaired) electrons. The third-order valence-electron chi connectivity index (χ3n) is 3.97. The van der Waals surface area contributed by atoms with E-state index in [0.717, 1.165) is 18.2 Å². The highest BCUT2D eigenvalue weighted by Gasteiger charge is 2.18. The van der Waals surface area contributed by atoms with E-state index in [1.165, 1.54) is 24.3 Å². The second kappa shape index (κ2) is 9.18. The summed E-state index contributed by atoms with van der Waals surface area (Å²) < 4.78 is 23.6. The number of furan rings is 1. The molecule has 158 valence electrons. The summed E-state index contributed by atoms with van der Waals surface area (Å²) in [6, 6.07) is 10.2. The topological polar surface area (TPSA) is 129 Å². The van der Waals surface area contributed by atoms with E-state index in [2.05, 4.69) is 5.32 Å². The lowest BCUT2D eigenvalue weighted by atomic mass is 10.1. The first-order chi connectivity index (χ1) is 14.8. The molecule has 0 unspecified atom stereocenters. The summed E-state index contributed by atoms with van der Waals surface area (Å²) in [5.74, 6) is -2.34. The first-order valence-corrected chi connectivity index (χ1v) is 8.92. The van der Waals surface area contributed by atoms with Gasteiger partial charge in [-0.15, -0.1) is 0 Å². The summed E-state index contributed by atoms with van der Waals surface area (Å²) in [4.78, 5) is 44.9. The van der Waals surface area contributed by atoms with Gasteiger partial charge in [-0.2, -0.15) is 4.39 Å². The van der Waals surface area contributed by atoms with Crippen LogP contribution < -0.4 is 5.32 Å². The Labute approximate surface area is 178 Å². The standard InChI is InChI=1S/C20H12ClFN2O7/c21-15-4-1-11(18-6-3-13(9-25)31-18)7-14(15)20(27)30-10-19(26)23-12-2-5-16(22)17(8-12)24(28)29/h1-9H,10H2,(H,23,26).